The van der Waals surface area contributed by atoms with Gasteiger partial charge >= 0.3 is 5.97 Å². The maximum atomic E-state index is 11.3. The Bertz CT molecular complexity index is 601. The van der Waals surface area contributed by atoms with E-state index in [0.717, 1.165) is 4.47 Å². The van der Waals surface area contributed by atoms with Crippen LogP contribution in [0.25, 0.3) is 0 Å². The van der Waals surface area contributed by atoms with Gasteiger partial charge in [-0.25, -0.2) is 0 Å². The molecular formula is C15H14BrNO3. The number of hydrogen-bond donors (Lipinski definition) is 3. The number of aliphatic carboxylic acids is 1. The molecule has 20 heavy (non-hydrogen) atoms. The quantitative estimate of drug-likeness (QED) is 0.785. The van der Waals surface area contributed by atoms with Crippen molar-refractivity contribution in [3.8, 4) is 5.75 Å². The van der Waals surface area contributed by atoms with Crippen LogP contribution in [0, 0.1) is 0 Å². The van der Waals surface area contributed by atoms with E-state index in [4.69, 9.17) is 0 Å². The fourth-order valence-electron chi connectivity index (χ4n) is 1.90. The zero-order valence-electron chi connectivity index (χ0n) is 10.6. The van der Waals surface area contributed by atoms with E-state index in [1.165, 1.54) is 0 Å². The predicted molar refractivity (Wildman–Crippen MR) is 79.5 cm³/mol. The molecular weight excluding hydrogens is 322 g/mol. The monoisotopic (exact) mass is 335 g/mol. The lowest BCUT2D eigenvalue weighted by atomic mass is 10.1. The smallest absolute Gasteiger partial charge is 0.325 e. The van der Waals surface area contributed by atoms with Crippen LogP contribution in [-0.4, -0.2) is 16.2 Å². The van der Waals surface area contributed by atoms with E-state index in [0.29, 0.717) is 11.1 Å². The molecule has 0 saturated heterocycles. The zero-order valence-corrected chi connectivity index (χ0v) is 12.2. The Morgan fingerprint density at radius 1 is 1.20 bits per heavy atom. The van der Waals surface area contributed by atoms with Crippen LogP contribution in [0.5, 0.6) is 5.75 Å². The Kier molecular flexibility index (Phi) is 4.76. The van der Waals surface area contributed by atoms with Crippen LogP contribution in [-0.2, 0) is 11.3 Å². The molecule has 4 nitrogen and oxygen atoms in total. The number of phenols is 1. The van der Waals surface area contributed by atoms with Crippen molar-refractivity contribution < 1.29 is 15.0 Å². The van der Waals surface area contributed by atoms with Crippen molar-refractivity contribution in [3.05, 3.63) is 64.1 Å². The van der Waals surface area contributed by atoms with Crippen molar-refractivity contribution in [1.29, 1.82) is 0 Å². The molecule has 2 aromatic carbocycles. The van der Waals surface area contributed by atoms with Crippen LogP contribution in [0.15, 0.2) is 53.0 Å². The standard InChI is InChI=1S/C15H14BrNO3/c16-12-6-7-13(18)11(8-12)9-17-14(15(19)20)10-4-2-1-3-5-10/h1-8,14,17-18H,9H2,(H,19,20). The Labute approximate surface area is 125 Å². The van der Waals surface area contributed by atoms with E-state index in [2.05, 4.69) is 21.2 Å². The molecule has 2 aromatic rings. The molecule has 0 fully saturated rings. The lowest BCUT2D eigenvalue weighted by Crippen LogP contribution is -2.28. The zero-order chi connectivity index (χ0) is 14.5. The summed E-state index contributed by atoms with van der Waals surface area (Å²) in [6.45, 7) is 0.261. The number of carbonyl (C=O) groups is 1. The molecule has 0 amide bonds. The number of phenolic OH excluding ortho intramolecular Hbond substituents is 1. The summed E-state index contributed by atoms with van der Waals surface area (Å²) in [6, 6.07) is 13.2. The molecule has 2 rings (SSSR count). The maximum Gasteiger partial charge on any atom is 0.325 e. The molecule has 0 aromatic heterocycles. The van der Waals surface area contributed by atoms with Crippen molar-refractivity contribution in [3.63, 3.8) is 0 Å². The van der Waals surface area contributed by atoms with E-state index in [1.807, 2.05) is 6.07 Å². The third-order valence-corrected chi connectivity index (χ3v) is 3.41. The second-order valence-electron chi connectivity index (χ2n) is 4.34. The van der Waals surface area contributed by atoms with Crippen LogP contribution in [0.3, 0.4) is 0 Å². The highest BCUT2D eigenvalue weighted by Gasteiger charge is 2.19. The first kappa shape index (κ1) is 14.6. The van der Waals surface area contributed by atoms with Crippen molar-refractivity contribution in [2.75, 3.05) is 0 Å². The van der Waals surface area contributed by atoms with Crippen molar-refractivity contribution in [1.82, 2.24) is 5.32 Å². The summed E-state index contributed by atoms with van der Waals surface area (Å²) >= 11 is 3.32. The number of hydrogen-bond acceptors (Lipinski definition) is 3. The Hall–Kier alpha value is -1.85. The van der Waals surface area contributed by atoms with Crippen molar-refractivity contribution >= 4 is 21.9 Å². The third-order valence-electron chi connectivity index (χ3n) is 2.92. The summed E-state index contributed by atoms with van der Waals surface area (Å²) in [5.74, 6) is -0.816. The molecule has 1 unspecified atom stereocenters. The topological polar surface area (TPSA) is 69.6 Å². The highest BCUT2D eigenvalue weighted by molar-refractivity contribution is 9.10. The lowest BCUT2D eigenvalue weighted by molar-refractivity contribution is -0.139. The summed E-state index contributed by atoms with van der Waals surface area (Å²) in [5, 5.41) is 22.0. The minimum absolute atomic E-state index is 0.137. The molecule has 0 saturated carbocycles. The fraction of sp³-hybridized carbons (Fsp3) is 0.133. The van der Waals surface area contributed by atoms with Gasteiger partial charge in [-0.2, -0.15) is 0 Å². The highest BCUT2D eigenvalue weighted by atomic mass is 79.9. The number of carboxylic acids is 1. The molecule has 0 heterocycles. The molecule has 0 aliphatic rings. The lowest BCUT2D eigenvalue weighted by Gasteiger charge is -2.15. The number of benzene rings is 2. The van der Waals surface area contributed by atoms with Gasteiger partial charge in [-0.15, -0.1) is 0 Å². The van der Waals surface area contributed by atoms with Crippen LogP contribution in [0.1, 0.15) is 17.2 Å². The minimum Gasteiger partial charge on any atom is -0.508 e. The molecule has 0 aliphatic heterocycles. The number of rotatable bonds is 5. The summed E-state index contributed by atoms with van der Waals surface area (Å²) < 4.78 is 0.832. The molecule has 0 radical (unpaired) electrons. The van der Waals surface area contributed by atoms with Gasteiger partial charge in [0, 0.05) is 16.6 Å². The second kappa shape index (κ2) is 6.54. The highest BCUT2D eigenvalue weighted by Crippen LogP contribution is 2.23. The van der Waals surface area contributed by atoms with Crippen molar-refractivity contribution in [2.24, 2.45) is 0 Å². The largest absolute Gasteiger partial charge is 0.508 e. The molecule has 0 aliphatic carbocycles. The van der Waals surface area contributed by atoms with Gasteiger partial charge in [0.15, 0.2) is 0 Å². The SMILES string of the molecule is O=C(O)C(NCc1cc(Br)ccc1O)c1ccccc1. The molecule has 0 spiro atoms. The Morgan fingerprint density at radius 3 is 2.55 bits per heavy atom. The van der Waals surface area contributed by atoms with Gasteiger partial charge in [0.25, 0.3) is 0 Å². The summed E-state index contributed by atoms with van der Waals surface area (Å²) in [7, 11) is 0. The van der Waals surface area contributed by atoms with Crippen LogP contribution < -0.4 is 5.32 Å². The van der Waals surface area contributed by atoms with E-state index in [9.17, 15) is 15.0 Å². The van der Waals surface area contributed by atoms with Gasteiger partial charge in [-0.1, -0.05) is 46.3 Å². The number of carboxylic acid groups (broad SMARTS) is 1. The Morgan fingerprint density at radius 2 is 1.90 bits per heavy atom. The van der Waals surface area contributed by atoms with Crippen LogP contribution in [0.2, 0.25) is 0 Å². The number of halogens is 1. The van der Waals surface area contributed by atoms with Crippen LogP contribution >= 0.6 is 15.9 Å². The van der Waals surface area contributed by atoms with Gasteiger partial charge < -0.3 is 10.2 Å². The molecule has 104 valence electrons. The average Bonchev–Trinajstić information content (AvgIpc) is 2.43. The van der Waals surface area contributed by atoms with Gasteiger partial charge in [0.05, 0.1) is 0 Å². The summed E-state index contributed by atoms with van der Waals surface area (Å²) in [4.78, 5) is 11.3. The fourth-order valence-corrected chi connectivity index (χ4v) is 2.31. The van der Waals surface area contributed by atoms with E-state index < -0.39 is 12.0 Å². The molecule has 1 atom stereocenters. The molecule has 5 heteroatoms. The number of aromatic hydroxyl groups is 1. The van der Waals surface area contributed by atoms with Gasteiger partial charge in [-0.3, -0.25) is 10.1 Å². The first-order chi connectivity index (χ1) is 9.58. The van der Waals surface area contributed by atoms with Crippen molar-refractivity contribution in [2.45, 2.75) is 12.6 Å². The summed E-state index contributed by atoms with van der Waals surface area (Å²) in [6.07, 6.45) is 0. The normalized spacial score (nSPS) is 12.1. The first-order valence-corrected chi connectivity index (χ1v) is 6.86. The number of nitrogens with one attached hydrogen (secondary N) is 1. The molecule has 0 bridgehead atoms. The van der Waals surface area contributed by atoms with Gasteiger partial charge in [0.1, 0.15) is 11.8 Å². The van der Waals surface area contributed by atoms with E-state index in [1.54, 1.807) is 42.5 Å². The van der Waals surface area contributed by atoms with Gasteiger partial charge in [-0.05, 0) is 23.8 Å². The molecule has 3 N–H and O–H groups in total. The third kappa shape index (κ3) is 3.59. The summed E-state index contributed by atoms with van der Waals surface area (Å²) in [5.41, 5.74) is 1.32. The Balaban J connectivity index is 2.14. The average molecular weight is 336 g/mol. The first-order valence-electron chi connectivity index (χ1n) is 6.06. The predicted octanol–water partition coefficient (Wildman–Crippen LogP) is 3.07. The minimum atomic E-state index is -0.953. The maximum absolute atomic E-state index is 11.3. The second-order valence-corrected chi connectivity index (χ2v) is 5.25. The van der Waals surface area contributed by atoms with E-state index >= 15 is 0 Å². The van der Waals surface area contributed by atoms with E-state index in [-0.39, 0.29) is 12.3 Å². The van der Waals surface area contributed by atoms with Gasteiger partial charge in [0.2, 0.25) is 0 Å². The van der Waals surface area contributed by atoms with Crippen LogP contribution in [0.4, 0.5) is 0 Å².